The van der Waals surface area contributed by atoms with E-state index in [1.807, 2.05) is 6.92 Å². The third-order valence-corrected chi connectivity index (χ3v) is 5.08. The molecule has 0 aliphatic rings. The molecule has 0 unspecified atom stereocenters. The fraction of sp³-hybridized carbons (Fsp3) is 0.762. The highest BCUT2D eigenvalue weighted by atomic mass is 16.4. The Morgan fingerprint density at radius 3 is 1.48 bits per heavy atom. The molecule has 0 saturated carbocycles. The van der Waals surface area contributed by atoms with E-state index >= 15 is 0 Å². The summed E-state index contributed by atoms with van der Waals surface area (Å²) in [5, 5.41) is 19.6. The van der Waals surface area contributed by atoms with Crippen molar-refractivity contribution in [3.05, 3.63) is 0 Å². The number of hydrogen-bond donors (Lipinski definition) is 5. The molecule has 10 nitrogen and oxygen atoms in total. The van der Waals surface area contributed by atoms with Crippen molar-refractivity contribution in [1.29, 1.82) is 0 Å². The molecule has 0 aromatic rings. The van der Waals surface area contributed by atoms with Crippen LogP contribution in [0.1, 0.15) is 61.8 Å². The Hall–Kier alpha value is -2.65. The summed E-state index contributed by atoms with van der Waals surface area (Å²) in [4.78, 5) is 60.7. The molecule has 0 fully saturated rings. The Bertz CT molecular complexity index is 664. The Kier molecular flexibility index (Phi) is 11.8. The number of carbonyl (C=O) groups excluding carboxylic acids is 4. The third kappa shape index (κ3) is 9.35. The van der Waals surface area contributed by atoms with Crippen LogP contribution in [-0.4, -0.2) is 58.9 Å². The molecule has 0 rings (SSSR count). The number of carboxylic acid groups (broad SMARTS) is 1. The van der Waals surface area contributed by atoms with Crippen LogP contribution in [0.2, 0.25) is 0 Å². The summed E-state index contributed by atoms with van der Waals surface area (Å²) in [6, 6.07) is -3.83. The predicted molar refractivity (Wildman–Crippen MR) is 116 cm³/mol. The third-order valence-electron chi connectivity index (χ3n) is 5.08. The van der Waals surface area contributed by atoms with Gasteiger partial charge in [-0.1, -0.05) is 48.0 Å². The zero-order chi connectivity index (χ0) is 24.5. The molecule has 178 valence electrons. The van der Waals surface area contributed by atoms with Crippen molar-refractivity contribution in [3.63, 3.8) is 0 Å². The molecule has 31 heavy (non-hydrogen) atoms. The molecule has 4 amide bonds. The lowest BCUT2D eigenvalue weighted by molar-refractivity contribution is -0.144. The number of amides is 4. The maximum atomic E-state index is 13.0. The first-order chi connectivity index (χ1) is 14.2. The summed E-state index contributed by atoms with van der Waals surface area (Å²) in [5.74, 6) is -4.12. The molecule has 0 spiro atoms. The lowest BCUT2D eigenvalue weighted by Crippen LogP contribution is -2.60. The van der Waals surface area contributed by atoms with E-state index in [0.717, 1.165) is 0 Å². The van der Waals surface area contributed by atoms with Crippen LogP contribution in [0, 0.1) is 17.8 Å². The number of nitrogens with one attached hydrogen (secondary N) is 4. The lowest BCUT2D eigenvalue weighted by Gasteiger charge is -2.29. The first-order valence-corrected chi connectivity index (χ1v) is 10.6. The van der Waals surface area contributed by atoms with E-state index in [0.29, 0.717) is 6.42 Å². The molecule has 5 atom stereocenters. The molecular formula is C21H38N4O6. The van der Waals surface area contributed by atoms with Gasteiger partial charge in [-0.3, -0.25) is 19.2 Å². The number of hydrogen-bond acceptors (Lipinski definition) is 5. The zero-order valence-corrected chi connectivity index (χ0v) is 19.7. The van der Waals surface area contributed by atoms with Gasteiger partial charge in [0.2, 0.25) is 23.6 Å². The highest BCUT2D eigenvalue weighted by molar-refractivity contribution is 5.95. The van der Waals surface area contributed by atoms with Crippen LogP contribution in [0.3, 0.4) is 0 Å². The largest absolute Gasteiger partial charge is 0.480 e. The Morgan fingerprint density at radius 1 is 0.677 bits per heavy atom. The number of aliphatic carboxylic acids is 1. The van der Waals surface area contributed by atoms with E-state index in [2.05, 4.69) is 21.3 Å². The van der Waals surface area contributed by atoms with Crippen molar-refractivity contribution in [2.75, 3.05) is 0 Å². The van der Waals surface area contributed by atoms with Crippen molar-refractivity contribution in [3.8, 4) is 0 Å². The van der Waals surface area contributed by atoms with Crippen molar-refractivity contribution >= 4 is 29.6 Å². The van der Waals surface area contributed by atoms with Crippen LogP contribution in [0.5, 0.6) is 0 Å². The number of carbonyl (C=O) groups is 5. The predicted octanol–water partition coefficient (Wildman–Crippen LogP) is 0.408. The quantitative estimate of drug-likeness (QED) is 0.295. The summed E-state index contributed by atoms with van der Waals surface area (Å²) in [5.41, 5.74) is 0. The van der Waals surface area contributed by atoms with Gasteiger partial charge in [0.1, 0.15) is 24.2 Å². The van der Waals surface area contributed by atoms with Gasteiger partial charge in [-0.25, -0.2) is 4.79 Å². The van der Waals surface area contributed by atoms with Gasteiger partial charge < -0.3 is 26.4 Å². The second-order valence-corrected chi connectivity index (χ2v) is 8.59. The molecule has 0 radical (unpaired) electrons. The van der Waals surface area contributed by atoms with Gasteiger partial charge in [0.05, 0.1) is 0 Å². The topological polar surface area (TPSA) is 154 Å². The fourth-order valence-electron chi connectivity index (χ4n) is 2.89. The van der Waals surface area contributed by atoms with E-state index in [4.69, 9.17) is 0 Å². The molecule has 0 aromatic heterocycles. The zero-order valence-electron chi connectivity index (χ0n) is 19.7. The average molecular weight is 443 g/mol. The minimum Gasteiger partial charge on any atom is -0.480 e. The highest BCUT2D eigenvalue weighted by Gasteiger charge is 2.34. The average Bonchev–Trinajstić information content (AvgIpc) is 2.65. The highest BCUT2D eigenvalue weighted by Crippen LogP contribution is 2.11. The minimum atomic E-state index is -1.16. The molecule has 10 heteroatoms. The fourth-order valence-corrected chi connectivity index (χ4v) is 2.89. The summed E-state index contributed by atoms with van der Waals surface area (Å²) in [7, 11) is 0. The van der Waals surface area contributed by atoms with E-state index < -0.39 is 47.9 Å². The van der Waals surface area contributed by atoms with Crippen molar-refractivity contribution in [1.82, 2.24) is 21.3 Å². The summed E-state index contributed by atoms with van der Waals surface area (Å²) in [6.07, 6.45) is 0.583. The Labute approximate surface area is 184 Å². The molecule has 0 bridgehead atoms. The molecule has 0 saturated heterocycles. The smallest absolute Gasteiger partial charge is 0.326 e. The van der Waals surface area contributed by atoms with Crippen LogP contribution < -0.4 is 21.3 Å². The van der Waals surface area contributed by atoms with Crippen LogP contribution in [0.4, 0.5) is 0 Å². The first-order valence-electron chi connectivity index (χ1n) is 10.6. The van der Waals surface area contributed by atoms with Gasteiger partial charge in [-0.2, -0.15) is 0 Å². The second-order valence-electron chi connectivity index (χ2n) is 8.59. The van der Waals surface area contributed by atoms with Crippen molar-refractivity contribution in [2.24, 2.45) is 17.8 Å². The minimum absolute atomic E-state index is 0.244. The lowest BCUT2D eigenvalue weighted by atomic mass is 9.95. The van der Waals surface area contributed by atoms with E-state index in [-0.39, 0.29) is 23.7 Å². The van der Waals surface area contributed by atoms with Crippen LogP contribution in [0.15, 0.2) is 0 Å². The summed E-state index contributed by atoms with van der Waals surface area (Å²) >= 11 is 0. The first kappa shape index (κ1) is 28.4. The maximum Gasteiger partial charge on any atom is 0.326 e. The normalized spacial score (nSPS) is 15.9. The van der Waals surface area contributed by atoms with Crippen molar-refractivity contribution in [2.45, 2.75) is 86.0 Å². The van der Waals surface area contributed by atoms with Crippen molar-refractivity contribution < 1.29 is 29.1 Å². The molecular weight excluding hydrogens is 404 g/mol. The molecule has 0 aromatic carbocycles. The van der Waals surface area contributed by atoms with E-state index in [1.165, 1.54) is 13.8 Å². The number of carboxylic acids is 1. The standard InChI is InChI=1S/C21H38N4O6/c1-9-12(6)17(25-18(27)13(7)22-14(8)26)20(29)23-15(10(2)3)19(28)24-16(11(4)5)21(30)31/h10-13,15-17H,9H2,1-8H3,(H,22,26)(H,23,29)(H,24,28)(H,25,27)(H,30,31)/t12-,13-,15-,16-,17-/m0/s1. The Balaban J connectivity index is 5.49. The van der Waals surface area contributed by atoms with Gasteiger partial charge in [0.15, 0.2) is 0 Å². The number of rotatable bonds is 12. The summed E-state index contributed by atoms with van der Waals surface area (Å²) < 4.78 is 0. The second kappa shape index (κ2) is 12.9. The van der Waals surface area contributed by atoms with E-state index in [9.17, 15) is 29.1 Å². The van der Waals surface area contributed by atoms with Crippen LogP contribution in [-0.2, 0) is 24.0 Å². The monoisotopic (exact) mass is 442 g/mol. The molecule has 0 heterocycles. The van der Waals surface area contributed by atoms with Gasteiger partial charge in [-0.15, -0.1) is 0 Å². The van der Waals surface area contributed by atoms with Gasteiger partial charge in [-0.05, 0) is 24.7 Å². The molecule has 5 N–H and O–H groups in total. The Morgan fingerprint density at radius 2 is 1.10 bits per heavy atom. The maximum absolute atomic E-state index is 13.0. The molecule has 0 aliphatic heterocycles. The van der Waals surface area contributed by atoms with Crippen LogP contribution >= 0.6 is 0 Å². The van der Waals surface area contributed by atoms with Gasteiger partial charge >= 0.3 is 5.97 Å². The van der Waals surface area contributed by atoms with Crippen LogP contribution in [0.25, 0.3) is 0 Å². The summed E-state index contributed by atoms with van der Waals surface area (Å²) in [6.45, 7) is 13.2. The van der Waals surface area contributed by atoms with E-state index in [1.54, 1.807) is 34.6 Å². The molecule has 0 aliphatic carbocycles. The van der Waals surface area contributed by atoms with Gasteiger partial charge in [0, 0.05) is 6.92 Å². The SMILES string of the molecule is CC[C@H](C)[C@H](NC(=O)[C@H](C)NC(C)=O)C(=O)N[C@H](C(=O)N[C@H](C(=O)O)C(C)C)C(C)C. The van der Waals surface area contributed by atoms with Gasteiger partial charge in [0.25, 0.3) is 0 Å².